The van der Waals surface area contributed by atoms with Gasteiger partial charge in [0.2, 0.25) is 21.8 Å². The molecule has 0 aliphatic rings. The summed E-state index contributed by atoms with van der Waals surface area (Å²) in [5.41, 5.74) is -1.01. The van der Waals surface area contributed by atoms with Crippen molar-refractivity contribution in [1.29, 1.82) is 0 Å². The Morgan fingerprint density at radius 1 is 1.00 bits per heavy atom. The Balaban J connectivity index is 2.12. The fraction of sp³-hybridized carbons (Fsp3) is 0.333. The van der Waals surface area contributed by atoms with E-state index < -0.39 is 69.2 Å². The van der Waals surface area contributed by atoms with Gasteiger partial charge in [-0.25, -0.2) is 12.8 Å². The summed E-state index contributed by atoms with van der Waals surface area (Å²) >= 11 is 5.72. The monoisotopic (exact) mass is 641 g/mol. The van der Waals surface area contributed by atoms with Crippen molar-refractivity contribution in [3.8, 4) is 0 Å². The number of sulfonamides is 1. The standard InChI is InChI=1S/C30H32ClF4N3O4S/c1-4-20(2)36-29(40)27(16-21-10-6-5-7-11-21)37(18-22-12-8-9-13-26(22)32)28(39)19-38(43(3,41)42)23-14-15-25(31)24(17-23)30(33,34)35/h5-15,17,20,27H,4,16,18-19H2,1-3H3,(H,36,40)/t20-,27+/m1/s1. The van der Waals surface area contributed by atoms with Gasteiger partial charge in [-0.3, -0.25) is 13.9 Å². The molecule has 0 aliphatic carbocycles. The van der Waals surface area contributed by atoms with Crippen molar-refractivity contribution in [2.24, 2.45) is 0 Å². The summed E-state index contributed by atoms with van der Waals surface area (Å²) in [4.78, 5) is 28.7. The first kappa shape index (κ1) is 33.9. The molecule has 2 atom stereocenters. The summed E-state index contributed by atoms with van der Waals surface area (Å²) in [5.74, 6) is -2.15. The van der Waals surface area contributed by atoms with E-state index >= 15 is 0 Å². The lowest BCUT2D eigenvalue weighted by atomic mass is 10.0. The van der Waals surface area contributed by atoms with E-state index in [-0.39, 0.29) is 18.0 Å². The van der Waals surface area contributed by atoms with Crippen LogP contribution in [0.5, 0.6) is 0 Å². The molecule has 0 saturated carbocycles. The van der Waals surface area contributed by atoms with E-state index in [1.807, 2.05) is 6.92 Å². The van der Waals surface area contributed by atoms with E-state index in [1.54, 1.807) is 43.3 Å². The van der Waals surface area contributed by atoms with E-state index in [0.29, 0.717) is 22.4 Å². The minimum Gasteiger partial charge on any atom is -0.352 e. The molecule has 0 saturated heterocycles. The maximum absolute atomic E-state index is 14.8. The molecule has 0 bridgehead atoms. The number of amides is 2. The van der Waals surface area contributed by atoms with E-state index in [0.717, 1.165) is 23.3 Å². The van der Waals surface area contributed by atoms with Crippen LogP contribution in [0.2, 0.25) is 5.02 Å². The highest BCUT2D eigenvalue weighted by Crippen LogP contribution is 2.37. The molecule has 0 unspecified atom stereocenters. The molecular formula is C30H32ClF4N3O4S. The van der Waals surface area contributed by atoms with Gasteiger partial charge < -0.3 is 10.2 Å². The molecule has 0 radical (unpaired) electrons. The zero-order valence-electron chi connectivity index (χ0n) is 23.7. The molecular weight excluding hydrogens is 610 g/mol. The Hall–Kier alpha value is -3.64. The zero-order valence-corrected chi connectivity index (χ0v) is 25.3. The smallest absolute Gasteiger partial charge is 0.352 e. The Bertz CT molecular complexity index is 1540. The van der Waals surface area contributed by atoms with Crippen LogP contribution in [0.15, 0.2) is 72.8 Å². The fourth-order valence-electron chi connectivity index (χ4n) is 4.30. The van der Waals surface area contributed by atoms with Crippen molar-refractivity contribution < 1.29 is 35.6 Å². The summed E-state index contributed by atoms with van der Waals surface area (Å²) in [6, 6.07) is 15.3. The van der Waals surface area contributed by atoms with E-state index in [4.69, 9.17) is 11.6 Å². The van der Waals surface area contributed by atoms with Crippen LogP contribution in [-0.4, -0.2) is 50.0 Å². The summed E-state index contributed by atoms with van der Waals surface area (Å²) in [5, 5.41) is 2.18. The molecule has 3 rings (SSSR count). The van der Waals surface area contributed by atoms with Crippen molar-refractivity contribution in [3.05, 3.63) is 100 Å². The molecule has 0 heterocycles. The quantitative estimate of drug-likeness (QED) is 0.253. The Morgan fingerprint density at radius 2 is 1.63 bits per heavy atom. The SMILES string of the molecule is CC[C@@H](C)NC(=O)[C@H](Cc1ccccc1)N(Cc1ccccc1F)C(=O)CN(c1ccc(Cl)c(C(F)(F)F)c1)S(C)(=O)=O. The predicted molar refractivity (Wildman–Crippen MR) is 157 cm³/mol. The predicted octanol–water partition coefficient (Wildman–Crippen LogP) is 5.82. The molecule has 0 aliphatic heterocycles. The number of halogens is 5. The summed E-state index contributed by atoms with van der Waals surface area (Å²) in [7, 11) is -4.33. The average molecular weight is 642 g/mol. The maximum atomic E-state index is 14.8. The van der Waals surface area contributed by atoms with Gasteiger partial charge >= 0.3 is 6.18 Å². The van der Waals surface area contributed by atoms with Gasteiger partial charge in [-0.05, 0) is 43.2 Å². The number of anilines is 1. The number of hydrogen-bond donors (Lipinski definition) is 1. The number of carbonyl (C=O) groups excluding carboxylic acids is 2. The van der Waals surface area contributed by atoms with Gasteiger partial charge in [-0.1, -0.05) is 67.1 Å². The fourth-order valence-corrected chi connectivity index (χ4v) is 5.37. The van der Waals surface area contributed by atoms with Gasteiger partial charge in [0.05, 0.1) is 22.5 Å². The summed E-state index contributed by atoms with van der Waals surface area (Å²) < 4.78 is 81.7. The van der Waals surface area contributed by atoms with Gasteiger partial charge in [0.15, 0.2) is 0 Å². The molecule has 3 aromatic carbocycles. The van der Waals surface area contributed by atoms with Crippen LogP contribution in [0.1, 0.15) is 37.0 Å². The normalized spacial score (nSPS) is 13.2. The third kappa shape index (κ3) is 9.17. The molecule has 1 N–H and O–H groups in total. The highest BCUT2D eigenvalue weighted by molar-refractivity contribution is 7.92. The topological polar surface area (TPSA) is 86.8 Å². The third-order valence-corrected chi connectivity index (χ3v) is 8.26. The molecule has 13 heteroatoms. The molecule has 43 heavy (non-hydrogen) atoms. The highest BCUT2D eigenvalue weighted by Gasteiger charge is 2.36. The Kier molecular flexibility index (Phi) is 11.2. The van der Waals surface area contributed by atoms with Crippen molar-refractivity contribution in [2.45, 2.75) is 51.5 Å². The van der Waals surface area contributed by atoms with Gasteiger partial charge in [0, 0.05) is 24.6 Å². The van der Waals surface area contributed by atoms with Gasteiger partial charge in [0.25, 0.3) is 0 Å². The third-order valence-electron chi connectivity index (χ3n) is 6.79. The van der Waals surface area contributed by atoms with Crippen LogP contribution < -0.4 is 9.62 Å². The molecule has 0 aromatic heterocycles. The number of nitrogens with one attached hydrogen (secondary N) is 1. The van der Waals surface area contributed by atoms with Crippen LogP contribution in [0.25, 0.3) is 0 Å². The molecule has 232 valence electrons. The molecule has 2 amide bonds. The molecule has 3 aromatic rings. The van der Waals surface area contributed by atoms with E-state index in [1.165, 1.54) is 18.2 Å². The van der Waals surface area contributed by atoms with E-state index in [9.17, 15) is 35.6 Å². The number of carbonyl (C=O) groups is 2. The lowest BCUT2D eigenvalue weighted by molar-refractivity contribution is -0.140. The summed E-state index contributed by atoms with van der Waals surface area (Å²) in [6.07, 6.45) is -3.58. The number of benzene rings is 3. The molecule has 7 nitrogen and oxygen atoms in total. The molecule has 0 fully saturated rings. The number of nitrogens with zero attached hydrogens (tertiary/aromatic N) is 2. The lowest BCUT2D eigenvalue weighted by Gasteiger charge is -2.34. The number of alkyl halides is 3. The minimum absolute atomic E-state index is 0.00133. The van der Waals surface area contributed by atoms with Crippen LogP contribution in [0, 0.1) is 5.82 Å². The average Bonchev–Trinajstić information content (AvgIpc) is 2.94. The first-order valence-electron chi connectivity index (χ1n) is 13.3. The van der Waals surface area contributed by atoms with Crippen LogP contribution in [0.3, 0.4) is 0 Å². The van der Waals surface area contributed by atoms with Crippen molar-refractivity contribution in [2.75, 3.05) is 17.1 Å². The maximum Gasteiger partial charge on any atom is 0.417 e. The van der Waals surface area contributed by atoms with Gasteiger partial charge in [0.1, 0.15) is 18.4 Å². The Morgan fingerprint density at radius 3 is 2.21 bits per heavy atom. The second-order valence-electron chi connectivity index (χ2n) is 10.1. The number of hydrogen-bond acceptors (Lipinski definition) is 4. The van der Waals surface area contributed by atoms with Gasteiger partial charge in [-0.15, -0.1) is 0 Å². The largest absolute Gasteiger partial charge is 0.417 e. The van der Waals surface area contributed by atoms with Crippen LogP contribution >= 0.6 is 11.6 Å². The van der Waals surface area contributed by atoms with Crippen molar-refractivity contribution in [1.82, 2.24) is 10.2 Å². The number of rotatable bonds is 12. The zero-order chi connectivity index (χ0) is 31.9. The minimum atomic E-state index is -4.90. The van der Waals surface area contributed by atoms with Gasteiger partial charge in [-0.2, -0.15) is 13.2 Å². The van der Waals surface area contributed by atoms with E-state index in [2.05, 4.69) is 5.32 Å². The first-order valence-corrected chi connectivity index (χ1v) is 15.6. The second-order valence-corrected chi connectivity index (χ2v) is 12.4. The van der Waals surface area contributed by atoms with Crippen LogP contribution in [0.4, 0.5) is 23.2 Å². The second kappa shape index (κ2) is 14.2. The Labute approximate surface area is 253 Å². The van der Waals surface area contributed by atoms with Crippen LogP contribution in [-0.2, 0) is 38.8 Å². The van der Waals surface area contributed by atoms with Crippen molar-refractivity contribution >= 4 is 39.1 Å². The highest BCUT2D eigenvalue weighted by atomic mass is 35.5. The molecule has 0 spiro atoms. The summed E-state index contributed by atoms with van der Waals surface area (Å²) in [6.45, 7) is 2.24. The van der Waals surface area contributed by atoms with Crippen molar-refractivity contribution in [3.63, 3.8) is 0 Å². The lowest BCUT2D eigenvalue weighted by Crippen LogP contribution is -2.54. The first-order chi connectivity index (χ1) is 20.1.